The summed E-state index contributed by atoms with van der Waals surface area (Å²) in [5.74, 6) is -0.149. The molecular weight excluding hydrogens is 815 g/mol. The fourth-order valence-corrected chi connectivity index (χ4v) is 8.36. The van der Waals surface area contributed by atoms with Crippen molar-refractivity contribution in [3.8, 4) is 0 Å². The van der Waals surface area contributed by atoms with Crippen LogP contribution in [0.25, 0.3) is 0 Å². The van der Waals surface area contributed by atoms with Gasteiger partial charge in [0.2, 0.25) is 5.91 Å². The summed E-state index contributed by atoms with van der Waals surface area (Å²) in [6.07, 6.45) is 53.7. The number of hydrogen-bond acceptors (Lipinski definition) is 8. The Bertz CT molecular complexity index is 1200. The lowest BCUT2D eigenvalue weighted by Gasteiger charge is -2.40. The molecule has 378 valence electrons. The average molecular weight is 916 g/mol. The summed E-state index contributed by atoms with van der Waals surface area (Å²) in [5, 5.41) is 54.6. The lowest BCUT2D eigenvalue weighted by molar-refractivity contribution is -0.302. The molecule has 7 atom stereocenters. The van der Waals surface area contributed by atoms with E-state index >= 15 is 0 Å². The molecule has 1 amide bonds. The third-order valence-electron chi connectivity index (χ3n) is 12.6. The topological polar surface area (TPSA) is 149 Å². The summed E-state index contributed by atoms with van der Waals surface area (Å²) in [6.45, 7) is 3.73. The van der Waals surface area contributed by atoms with Crippen LogP contribution in [0.5, 0.6) is 0 Å². The zero-order chi connectivity index (χ0) is 47.3. The Labute approximate surface area is 398 Å². The fraction of sp³-hybridized carbons (Fsp3) is 0.804. The molecular formula is C56H101NO8. The van der Waals surface area contributed by atoms with Crippen molar-refractivity contribution < 1.29 is 39.8 Å². The van der Waals surface area contributed by atoms with E-state index in [0.717, 1.165) is 70.6 Å². The minimum atomic E-state index is -1.56. The van der Waals surface area contributed by atoms with Crippen molar-refractivity contribution in [2.45, 2.75) is 275 Å². The first kappa shape index (κ1) is 60.9. The number of carbonyl (C=O) groups is 1. The van der Waals surface area contributed by atoms with Crippen molar-refractivity contribution in [3.05, 3.63) is 60.8 Å². The van der Waals surface area contributed by atoms with Gasteiger partial charge in [-0.25, -0.2) is 0 Å². The third kappa shape index (κ3) is 35.7. The third-order valence-corrected chi connectivity index (χ3v) is 12.6. The van der Waals surface area contributed by atoms with E-state index in [1.54, 1.807) is 0 Å². The Hall–Kier alpha value is -2.11. The van der Waals surface area contributed by atoms with Crippen LogP contribution >= 0.6 is 0 Å². The Balaban J connectivity index is 2.21. The summed E-state index contributed by atoms with van der Waals surface area (Å²) in [4.78, 5) is 13.0. The van der Waals surface area contributed by atoms with Gasteiger partial charge in [0.25, 0.3) is 0 Å². The van der Waals surface area contributed by atoms with Gasteiger partial charge in [-0.05, 0) is 57.8 Å². The molecule has 0 spiro atoms. The number of carbonyl (C=O) groups excluding carboxylic acids is 1. The van der Waals surface area contributed by atoms with E-state index in [2.05, 4.69) is 79.9 Å². The van der Waals surface area contributed by atoms with Gasteiger partial charge < -0.3 is 40.3 Å². The molecule has 0 radical (unpaired) electrons. The second kappa shape index (κ2) is 45.7. The second-order valence-electron chi connectivity index (χ2n) is 18.6. The van der Waals surface area contributed by atoms with Crippen molar-refractivity contribution in [1.29, 1.82) is 0 Å². The Kier molecular flexibility index (Phi) is 42.8. The first-order valence-electron chi connectivity index (χ1n) is 27.0. The van der Waals surface area contributed by atoms with E-state index in [9.17, 15) is 30.3 Å². The monoisotopic (exact) mass is 916 g/mol. The van der Waals surface area contributed by atoms with Crippen LogP contribution in [-0.2, 0) is 14.3 Å². The van der Waals surface area contributed by atoms with E-state index in [1.807, 2.05) is 0 Å². The van der Waals surface area contributed by atoms with Gasteiger partial charge in [0, 0.05) is 6.42 Å². The minimum Gasteiger partial charge on any atom is -0.394 e. The maximum Gasteiger partial charge on any atom is 0.220 e. The van der Waals surface area contributed by atoms with Crippen LogP contribution < -0.4 is 5.32 Å². The van der Waals surface area contributed by atoms with Crippen LogP contribution in [0.1, 0.15) is 232 Å². The van der Waals surface area contributed by atoms with Crippen molar-refractivity contribution in [1.82, 2.24) is 5.32 Å². The molecule has 7 unspecified atom stereocenters. The smallest absolute Gasteiger partial charge is 0.220 e. The first-order valence-corrected chi connectivity index (χ1v) is 27.0. The van der Waals surface area contributed by atoms with Gasteiger partial charge in [-0.1, -0.05) is 229 Å². The number of amides is 1. The van der Waals surface area contributed by atoms with Gasteiger partial charge in [-0.15, -0.1) is 0 Å². The fourth-order valence-electron chi connectivity index (χ4n) is 8.36. The van der Waals surface area contributed by atoms with E-state index in [1.165, 1.54) is 135 Å². The van der Waals surface area contributed by atoms with Crippen LogP contribution in [-0.4, -0.2) is 87.5 Å². The highest BCUT2D eigenvalue weighted by Gasteiger charge is 2.44. The molecule has 9 nitrogen and oxygen atoms in total. The molecule has 0 aliphatic carbocycles. The van der Waals surface area contributed by atoms with E-state index in [0.29, 0.717) is 12.8 Å². The molecule has 1 aliphatic rings. The van der Waals surface area contributed by atoms with Crippen LogP contribution in [0.2, 0.25) is 0 Å². The number of rotatable bonds is 45. The summed E-state index contributed by atoms with van der Waals surface area (Å²) in [7, 11) is 0. The SMILES string of the molecule is CC/C=C\C/C=C\C/C=C\C/C=C\C/C=C\CCCCCCCCCCCCCC(=O)NC(COC1OC(CO)C(O)C(O)C1O)C(O)CCCCCCCCCCCCCCCCC. The molecule has 65 heavy (non-hydrogen) atoms. The molecule has 0 bridgehead atoms. The summed E-state index contributed by atoms with van der Waals surface area (Å²) >= 11 is 0. The quantitative estimate of drug-likeness (QED) is 0.0261. The van der Waals surface area contributed by atoms with Crippen LogP contribution in [0.3, 0.4) is 0 Å². The zero-order valence-electron chi connectivity index (χ0n) is 41.7. The van der Waals surface area contributed by atoms with Crippen molar-refractivity contribution in [2.24, 2.45) is 0 Å². The summed E-state index contributed by atoms with van der Waals surface area (Å²) in [5.41, 5.74) is 0. The maximum atomic E-state index is 13.0. The normalized spacial score (nSPS) is 20.4. The number of aliphatic hydroxyl groups is 5. The summed E-state index contributed by atoms with van der Waals surface area (Å²) < 4.78 is 11.3. The number of aliphatic hydroxyl groups excluding tert-OH is 5. The molecule has 0 aromatic heterocycles. The number of allylic oxidation sites excluding steroid dienone is 10. The van der Waals surface area contributed by atoms with Crippen LogP contribution in [0.15, 0.2) is 60.8 Å². The van der Waals surface area contributed by atoms with E-state index in [4.69, 9.17) is 9.47 Å². The van der Waals surface area contributed by atoms with Crippen LogP contribution in [0.4, 0.5) is 0 Å². The highest BCUT2D eigenvalue weighted by atomic mass is 16.7. The average Bonchev–Trinajstić information content (AvgIpc) is 3.31. The van der Waals surface area contributed by atoms with Crippen molar-refractivity contribution in [3.63, 3.8) is 0 Å². The lowest BCUT2D eigenvalue weighted by Crippen LogP contribution is -2.60. The van der Waals surface area contributed by atoms with Crippen molar-refractivity contribution in [2.75, 3.05) is 13.2 Å². The predicted molar refractivity (Wildman–Crippen MR) is 272 cm³/mol. The Morgan fingerprint density at radius 2 is 0.954 bits per heavy atom. The van der Waals surface area contributed by atoms with Gasteiger partial charge in [-0.3, -0.25) is 4.79 Å². The molecule has 1 saturated heterocycles. The number of hydrogen-bond donors (Lipinski definition) is 6. The zero-order valence-corrected chi connectivity index (χ0v) is 41.7. The van der Waals surface area contributed by atoms with E-state index < -0.39 is 49.5 Å². The second-order valence-corrected chi connectivity index (χ2v) is 18.6. The molecule has 9 heteroatoms. The van der Waals surface area contributed by atoms with Gasteiger partial charge in [0.05, 0.1) is 25.4 Å². The predicted octanol–water partition coefficient (Wildman–Crippen LogP) is 12.7. The number of nitrogens with one attached hydrogen (secondary N) is 1. The summed E-state index contributed by atoms with van der Waals surface area (Å²) in [6, 6.07) is -0.723. The standard InChI is InChI=1S/C56H101NO8/c1-3-5-7-9-11-13-15-17-19-20-21-22-23-24-25-26-27-28-29-30-32-34-36-38-40-42-44-46-52(60)57-49(48-64-56-55(63)54(62)53(61)51(47-58)65-56)50(59)45-43-41-39-37-35-33-31-18-16-14-12-10-8-6-4-2/h5,7,11,13,17,19,21-22,24-25,49-51,53-56,58-59,61-63H,3-4,6,8-10,12,14-16,18,20,23,26-48H2,1-2H3,(H,57,60)/b7-5-,13-11-,19-17-,22-21-,25-24-. The Morgan fingerprint density at radius 1 is 0.538 bits per heavy atom. The molecule has 1 fully saturated rings. The molecule has 0 saturated carbocycles. The molecule has 0 aromatic rings. The highest BCUT2D eigenvalue weighted by molar-refractivity contribution is 5.76. The molecule has 1 heterocycles. The molecule has 6 N–H and O–H groups in total. The molecule has 0 aromatic carbocycles. The van der Waals surface area contributed by atoms with Crippen LogP contribution in [0, 0.1) is 0 Å². The van der Waals surface area contributed by atoms with E-state index in [-0.39, 0.29) is 12.5 Å². The van der Waals surface area contributed by atoms with Crippen molar-refractivity contribution >= 4 is 5.91 Å². The maximum absolute atomic E-state index is 13.0. The molecule has 1 rings (SSSR count). The minimum absolute atomic E-state index is 0.140. The molecule has 1 aliphatic heterocycles. The lowest BCUT2D eigenvalue weighted by atomic mass is 9.99. The van der Waals surface area contributed by atoms with Gasteiger partial charge in [-0.2, -0.15) is 0 Å². The van der Waals surface area contributed by atoms with Gasteiger partial charge in [0.15, 0.2) is 6.29 Å². The number of ether oxygens (including phenoxy) is 2. The van der Waals surface area contributed by atoms with Gasteiger partial charge >= 0.3 is 0 Å². The Morgan fingerprint density at radius 3 is 1.42 bits per heavy atom. The van der Waals surface area contributed by atoms with Gasteiger partial charge in [0.1, 0.15) is 24.4 Å². The highest BCUT2D eigenvalue weighted by Crippen LogP contribution is 2.23. The first-order chi connectivity index (χ1) is 31.8. The largest absolute Gasteiger partial charge is 0.394 e. The number of unbranched alkanes of at least 4 members (excludes halogenated alkanes) is 25.